The first-order chi connectivity index (χ1) is 12.2. The number of nitrogens with zero attached hydrogens (tertiary/aromatic N) is 1. The molecule has 150 valence electrons. The lowest BCUT2D eigenvalue weighted by atomic mass is 10.1. The zero-order chi connectivity index (χ0) is 20.6. The van der Waals surface area contributed by atoms with Crippen molar-refractivity contribution in [2.45, 2.75) is 38.1 Å². The number of hydrogen-bond donors (Lipinski definition) is 1. The second-order valence-corrected chi connectivity index (χ2v) is 7.98. The van der Waals surface area contributed by atoms with Crippen molar-refractivity contribution in [3.63, 3.8) is 0 Å². The summed E-state index contributed by atoms with van der Waals surface area (Å²) in [6.45, 7) is 5.02. The van der Waals surface area contributed by atoms with Crippen LogP contribution < -0.4 is 5.32 Å². The second kappa shape index (κ2) is 7.00. The Hall–Kier alpha value is -2.34. The highest BCUT2D eigenvalue weighted by molar-refractivity contribution is 7.87. The van der Waals surface area contributed by atoms with E-state index in [1.165, 1.54) is 25.3 Å². The van der Waals surface area contributed by atoms with Gasteiger partial charge in [0.2, 0.25) is 5.90 Å². The number of fused-ring (bicyclic) bond motifs is 1. The maximum absolute atomic E-state index is 12.5. The fourth-order valence-electron chi connectivity index (χ4n) is 2.11. The zero-order valence-corrected chi connectivity index (χ0v) is 15.6. The number of hydrogen-bond acceptors (Lipinski definition) is 7. The molecule has 12 heteroatoms. The summed E-state index contributed by atoms with van der Waals surface area (Å²) in [6, 6.07) is 3.96. The van der Waals surface area contributed by atoms with E-state index in [2.05, 4.69) is 14.5 Å². The largest absolute Gasteiger partial charge is 0.523 e. The van der Waals surface area contributed by atoms with Crippen LogP contribution in [0.25, 0.3) is 0 Å². The van der Waals surface area contributed by atoms with Gasteiger partial charge < -0.3 is 9.47 Å². The number of benzene rings is 1. The minimum absolute atomic E-state index is 0.0365. The van der Waals surface area contributed by atoms with E-state index in [9.17, 15) is 26.4 Å². The minimum atomic E-state index is -5.86. The van der Waals surface area contributed by atoms with E-state index >= 15 is 0 Å². The lowest BCUT2D eigenvalue weighted by Gasteiger charge is -2.20. The number of amides is 1. The number of rotatable bonds is 3. The number of carbonyl (C=O) groups is 1. The van der Waals surface area contributed by atoms with Crippen LogP contribution in [-0.4, -0.2) is 38.6 Å². The molecule has 0 saturated heterocycles. The van der Waals surface area contributed by atoms with Crippen LogP contribution in [0, 0.1) is 0 Å². The molecule has 1 aliphatic heterocycles. The van der Waals surface area contributed by atoms with Crippen molar-refractivity contribution in [3.8, 4) is 0 Å². The Morgan fingerprint density at radius 2 is 1.85 bits per heavy atom. The molecule has 0 saturated carbocycles. The maximum atomic E-state index is 12.5. The normalized spacial score (nSPS) is 17.1. The quantitative estimate of drug-likeness (QED) is 0.606. The monoisotopic (exact) mass is 410 g/mol. The molecule has 2 rings (SSSR count). The fourth-order valence-corrected chi connectivity index (χ4v) is 2.61. The number of methoxy groups -OCH3 is 1. The minimum Gasteiger partial charge on any atom is -0.481 e. The molecule has 0 aromatic heterocycles. The Morgan fingerprint density at radius 3 is 2.37 bits per heavy atom. The number of halogens is 3. The molecule has 1 heterocycles. The van der Waals surface area contributed by atoms with Gasteiger partial charge in [-0.3, -0.25) is 5.32 Å². The summed E-state index contributed by atoms with van der Waals surface area (Å²) in [7, 11) is -4.65. The van der Waals surface area contributed by atoms with Gasteiger partial charge in [-0.2, -0.15) is 21.6 Å². The second-order valence-electron chi connectivity index (χ2n) is 6.42. The Labute approximate surface area is 153 Å². The standard InChI is InChI=1S/C15H17F3N2O6S/c1-14(2,3)25-13(21)19-8-5-6-9-10(7-8)11(24-4)20-12(9)26-27(22,23)15(16,17)18/h5-7,12H,1-4H3,(H,19,21). The smallest absolute Gasteiger partial charge is 0.481 e. The van der Waals surface area contributed by atoms with Crippen LogP contribution in [-0.2, 0) is 23.8 Å². The number of anilines is 1. The van der Waals surface area contributed by atoms with E-state index in [1.54, 1.807) is 20.8 Å². The van der Waals surface area contributed by atoms with Crippen molar-refractivity contribution in [2.75, 3.05) is 12.4 Å². The predicted molar refractivity (Wildman–Crippen MR) is 88.6 cm³/mol. The summed E-state index contributed by atoms with van der Waals surface area (Å²) in [5.41, 5.74) is -5.86. The van der Waals surface area contributed by atoms with Crippen molar-refractivity contribution in [2.24, 2.45) is 4.99 Å². The molecular formula is C15H17F3N2O6S. The Balaban J connectivity index is 2.28. The van der Waals surface area contributed by atoms with Crippen LogP contribution in [0.2, 0.25) is 0 Å². The van der Waals surface area contributed by atoms with Crippen molar-refractivity contribution >= 4 is 27.8 Å². The first-order valence-electron chi connectivity index (χ1n) is 7.49. The van der Waals surface area contributed by atoms with E-state index in [-0.39, 0.29) is 22.7 Å². The maximum Gasteiger partial charge on any atom is 0.523 e. The average Bonchev–Trinajstić information content (AvgIpc) is 2.80. The molecule has 1 aliphatic rings. The van der Waals surface area contributed by atoms with E-state index in [1.807, 2.05) is 0 Å². The van der Waals surface area contributed by atoms with Crippen molar-refractivity contribution in [1.29, 1.82) is 0 Å². The van der Waals surface area contributed by atoms with Gasteiger partial charge in [-0.25, -0.2) is 14.0 Å². The van der Waals surface area contributed by atoms with E-state index < -0.39 is 33.5 Å². The van der Waals surface area contributed by atoms with E-state index in [0.29, 0.717) is 0 Å². The number of carbonyl (C=O) groups excluding carboxylic acids is 1. The van der Waals surface area contributed by atoms with Gasteiger partial charge in [0.25, 0.3) is 0 Å². The molecule has 27 heavy (non-hydrogen) atoms. The third-order valence-electron chi connectivity index (χ3n) is 3.12. The van der Waals surface area contributed by atoms with Crippen LogP contribution in [0.15, 0.2) is 23.2 Å². The summed E-state index contributed by atoms with van der Waals surface area (Å²) >= 11 is 0. The van der Waals surface area contributed by atoms with Gasteiger partial charge in [0.05, 0.1) is 7.11 Å². The van der Waals surface area contributed by atoms with Gasteiger partial charge in [0.15, 0.2) is 6.23 Å². The lowest BCUT2D eigenvalue weighted by molar-refractivity contribution is -0.0571. The Kier molecular flexibility index (Phi) is 5.44. The summed E-state index contributed by atoms with van der Waals surface area (Å²) in [4.78, 5) is 15.5. The van der Waals surface area contributed by atoms with E-state index in [4.69, 9.17) is 9.47 Å². The molecule has 0 aliphatic carbocycles. The van der Waals surface area contributed by atoms with Gasteiger partial charge in [0.1, 0.15) is 5.60 Å². The predicted octanol–water partition coefficient (Wildman–Crippen LogP) is 3.31. The molecule has 0 fully saturated rings. The first-order valence-corrected chi connectivity index (χ1v) is 8.90. The SMILES string of the molecule is COC1=NC(OS(=O)(=O)C(F)(F)F)c2ccc(NC(=O)OC(C)(C)C)cc21. The highest BCUT2D eigenvalue weighted by Gasteiger charge is 2.49. The van der Waals surface area contributed by atoms with E-state index in [0.717, 1.165) is 0 Å². The van der Waals surface area contributed by atoms with Crippen LogP contribution in [0.5, 0.6) is 0 Å². The summed E-state index contributed by atoms with van der Waals surface area (Å²) in [5, 5.41) is 2.45. The van der Waals surface area contributed by atoms with Crippen LogP contribution in [0.1, 0.15) is 38.1 Å². The van der Waals surface area contributed by atoms with Crippen molar-refractivity contribution in [3.05, 3.63) is 29.3 Å². The molecular weight excluding hydrogens is 393 g/mol. The molecule has 1 atom stereocenters. The number of alkyl halides is 3. The third kappa shape index (κ3) is 4.89. The number of aliphatic imine (C=N–C) groups is 1. The highest BCUT2D eigenvalue weighted by atomic mass is 32.2. The van der Waals surface area contributed by atoms with Gasteiger partial charge >= 0.3 is 21.7 Å². The molecule has 1 N–H and O–H groups in total. The number of nitrogens with one attached hydrogen (secondary N) is 1. The first kappa shape index (κ1) is 21.0. The molecule has 1 unspecified atom stereocenters. The number of ether oxygens (including phenoxy) is 2. The van der Waals surface area contributed by atoms with Crippen molar-refractivity contribution < 1.29 is 40.0 Å². The summed E-state index contributed by atoms with van der Waals surface area (Å²) < 4.78 is 74.3. The molecule has 0 spiro atoms. The van der Waals surface area contributed by atoms with Gasteiger partial charge in [0, 0.05) is 16.8 Å². The van der Waals surface area contributed by atoms with Crippen LogP contribution in [0.4, 0.5) is 23.7 Å². The third-order valence-corrected chi connectivity index (χ3v) is 4.13. The van der Waals surface area contributed by atoms with Gasteiger partial charge in [-0.1, -0.05) is 6.07 Å². The topological polar surface area (TPSA) is 103 Å². The molecule has 0 radical (unpaired) electrons. The summed E-state index contributed by atoms with van der Waals surface area (Å²) in [6.07, 6.45) is -2.50. The molecule has 0 bridgehead atoms. The van der Waals surface area contributed by atoms with Gasteiger partial charge in [-0.05, 0) is 32.9 Å². The van der Waals surface area contributed by atoms with Crippen LogP contribution in [0.3, 0.4) is 0 Å². The zero-order valence-electron chi connectivity index (χ0n) is 14.7. The van der Waals surface area contributed by atoms with Crippen molar-refractivity contribution in [1.82, 2.24) is 0 Å². The lowest BCUT2D eigenvalue weighted by Crippen LogP contribution is -2.27. The van der Waals surface area contributed by atoms with Crippen LogP contribution >= 0.6 is 0 Å². The Bertz CT molecular complexity index is 875. The molecule has 1 amide bonds. The molecule has 1 aromatic carbocycles. The molecule has 8 nitrogen and oxygen atoms in total. The van der Waals surface area contributed by atoms with Gasteiger partial charge in [-0.15, -0.1) is 0 Å². The summed E-state index contributed by atoms with van der Waals surface area (Å²) in [5.74, 6) is -0.139. The Morgan fingerprint density at radius 1 is 1.22 bits per heavy atom. The fraction of sp³-hybridized carbons (Fsp3) is 0.467. The highest BCUT2D eigenvalue weighted by Crippen LogP contribution is 2.37. The molecule has 1 aromatic rings. The average molecular weight is 410 g/mol.